The van der Waals surface area contributed by atoms with Crippen molar-refractivity contribution in [3.63, 3.8) is 0 Å². The van der Waals surface area contributed by atoms with Crippen molar-refractivity contribution in [2.45, 2.75) is 12.0 Å². The number of cyclic esters (lactones) is 1. The molecule has 0 radical (unpaired) electrons. The first-order valence-corrected chi connectivity index (χ1v) is 7.70. The maximum absolute atomic E-state index is 14.5. The van der Waals surface area contributed by atoms with E-state index in [4.69, 9.17) is 10.5 Å². The number of primary amides is 1. The Bertz CT molecular complexity index is 768. The van der Waals surface area contributed by atoms with Gasteiger partial charge in [-0.3, -0.25) is 14.5 Å². The van der Waals surface area contributed by atoms with Crippen molar-refractivity contribution < 1.29 is 23.5 Å². The lowest BCUT2D eigenvalue weighted by Crippen LogP contribution is -2.32. The molecule has 0 aromatic heterocycles. The zero-order chi connectivity index (χ0) is 17.2. The fourth-order valence-corrected chi connectivity index (χ4v) is 3.80. The van der Waals surface area contributed by atoms with Crippen LogP contribution in [0, 0.1) is 17.7 Å². The number of rotatable bonds is 3. The van der Waals surface area contributed by atoms with Crippen LogP contribution in [0.1, 0.15) is 11.5 Å². The Kier molecular flexibility index (Phi) is 3.06. The van der Waals surface area contributed by atoms with Crippen LogP contribution in [0.15, 0.2) is 18.2 Å². The molecule has 1 aromatic rings. The molecule has 8 heteroatoms. The van der Waals surface area contributed by atoms with Crippen molar-refractivity contribution >= 4 is 23.6 Å². The molecular formula is C16H16FN3O4. The van der Waals surface area contributed by atoms with Crippen molar-refractivity contribution in [2.75, 3.05) is 25.0 Å². The molecule has 0 bridgehead atoms. The highest BCUT2D eigenvalue weighted by Gasteiger charge is 2.61. The van der Waals surface area contributed by atoms with Crippen molar-refractivity contribution in [1.29, 1.82) is 0 Å². The average molecular weight is 333 g/mol. The summed E-state index contributed by atoms with van der Waals surface area (Å²) >= 11 is 0. The van der Waals surface area contributed by atoms with Gasteiger partial charge in [-0.15, -0.1) is 0 Å². The molecule has 3 fully saturated rings. The van der Waals surface area contributed by atoms with E-state index in [0.29, 0.717) is 17.8 Å². The van der Waals surface area contributed by atoms with Gasteiger partial charge in [0.05, 0.1) is 18.2 Å². The Morgan fingerprint density at radius 3 is 2.58 bits per heavy atom. The van der Waals surface area contributed by atoms with Gasteiger partial charge >= 0.3 is 6.09 Å². The Labute approximate surface area is 137 Å². The van der Waals surface area contributed by atoms with Gasteiger partial charge in [-0.2, -0.15) is 0 Å². The first-order valence-electron chi connectivity index (χ1n) is 7.70. The maximum Gasteiger partial charge on any atom is 0.415 e. The number of hydrogen-bond acceptors (Lipinski definition) is 4. The van der Waals surface area contributed by atoms with Crippen LogP contribution in [0.2, 0.25) is 0 Å². The van der Waals surface area contributed by atoms with Crippen molar-refractivity contribution in [3.05, 3.63) is 29.6 Å². The molecule has 126 valence electrons. The topological polar surface area (TPSA) is 92.9 Å². The second-order valence-corrected chi connectivity index (χ2v) is 6.53. The summed E-state index contributed by atoms with van der Waals surface area (Å²) < 4.78 is 19.4. The summed E-state index contributed by atoms with van der Waals surface area (Å²) in [4.78, 5) is 37.7. The van der Waals surface area contributed by atoms with E-state index in [0.717, 1.165) is 0 Å². The first kappa shape index (κ1) is 14.9. The van der Waals surface area contributed by atoms with Gasteiger partial charge in [0.15, 0.2) is 6.10 Å². The molecule has 4 atom stereocenters. The highest BCUT2D eigenvalue weighted by atomic mass is 19.1. The number of benzene rings is 1. The van der Waals surface area contributed by atoms with E-state index >= 15 is 0 Å². The number of likely N-dealkylation sites (tertiary alicyclic amines) is 1. The standard InChI is InChI=1S/C16H16FN3O4/c1-19-5-9-12(13(9)15(19)22)8-3-2-7(4-10(8)17)20-6-11(14(18)21)24-16(20)23/h2-4,9,11-13H,5-6H2,1H3,(H2,18,21). The number of carbonyl (C=O) groups excluding carboxylic acids is 3. The fraction of sp³-hybridized carbons (Fsp3) is 0.438. The number of amides is 3. The third-order valence-electron chi connectivity index (χ3n) is 5.10. The SMILES string of the molecule is CN1CC2C(C1=O)C2c1ccc(N2CC(C(N)=O)OC2=O)cc1F. The van der Waals surface area contributed by atoms with Gasteiger partial charge in [-0.25, -0.2) is 9.18 Å². The quantitative estimate of drug-likeness (QED) is 0.868. The maximum atomic E-state index is 14.5. The van der Waals surface area contributed by atoms with Gasteiger partial charge in [0.1, 0.15) is 5.82 Å². The number of ether oxygens (including phenoxy) is 1. The molecule has 2 heterocycles. The highest BCUT2D eigenvalue weighted by molar-refractivity contribution is 5.95. The van der Waals surface area contributed by atoms with Gasteiger partial charge in [0.25, 0.3) is 5.91 Å². The Hall–Kier alpha value is -2.64. The fourth-order valence-electron chi connectivity index (χ4n) is 3.80. The summed E-state index contributed by atoms with van der Waals surface area (Å²) in [7, 11) is 1.75. The molecule has 2 aliphatic heterocycles. The molecule has 1 saturated carbocycles. The number of halogens is 1. The molecule has 4 unspecified atom stereocenters. The van der Waals surface area contributed by atoms with Gasteiger partial charge in [-0.05, 0) is 23.6 Å². The minimum atomic E-state index is -1.03. The molecule has 0 spiro atoms. The smallest absolute Gasteiger partial charge is 0.415 e. The highest BCUT2D eigenvalue weighted by Crippen LogP contribution is 2.59. The lowest BCUT2D eigenvalue weighted by Gasteiger charge is -2.16. The summed E-state index contributed by atoms with van der Waals surface area (Å²) in [6, 6.07) is 4.44. The third-order valence-corrected chi connectivity index (χ3v) is 5.10. The van der Waals surface area contributed by atoms with Crippen molar-refractivity contribution in [3.8, 4) is 0 Å². The van der Waals surface area contributed by atoms with E-state index in [2.05, 4.69) is 0 Å². The zero-order valence-electron chi connectivity index (χ0n) is 12.9. The number of fused-ring (bicyclic) bond motifs is 1. The number of carbonyl (C=O) groups is 3. The summed E-state index contributed by atoms with van der Waals surface area (Å²) in [6.07, 6.45) is -1.76. The molecule has 3 amide bonds. The Morgan fingerprint density at radius 1 is 1.29 bits per heavy atom. The third kappa shape index (κ3) is 2.05. The lowest BCUT2D eigenvalue weighted by atomic mass is 10.0. The van der Waals surface area contributed by atoms with E-state index in [1.165, 1.54) is 11.0 Å². The Morgan fingerprint density at radius 2 is 2.04 bits per heavy atom. The van der Waals surface area contributed by atoms with Gasteiger partial charge in [0, 0.05) is 19.5 Å². The van der Waals surface area contributed by atoms with Gasteiger partial charge < -0.3 is 15.4 Å². The molecule has 2 N–H and O–H groups in total. The second-order valence-electron chi connectivity index (χ2n) is 6.53. The molecule has 24 heavy (non-hydrogen) atoms. The van der Waals surface area contributed by atoms with Gasteiger partial charge in [-0.1, -0.05) is 6.07 Å². The minimum absolute atomic E-state index is 0.0368. The van der Waals surface area contributed by atoms with Crippen molar-refractivity contribution in [1.82, 2.24) is 4.90 Å². The predicted molar refractivity (Wildman–Crippen MR) is 80.6 cm³/mol. The number of hydrogen-bond donors (Lipinski definition) is 1. The lowest BCUT2D eigenvalue weighted by molar-refractivity contribution is -0.129. The molecule has 1 aromatic carbocycles. The minimum Gasteiger partial charge on any atom is -0.434 e. The number of nitrogens with zero attached hydrogens (tertiary/aromatic N) is 2. The molecule has 3 aliphatic rings. The van der Waals surface area contributed by atoms with Crippen LogP contribution in [0.4, 0.5) is 14.9 Å². The summed E-state index contributed by atoms with van der Waals surface area (Å²) in [6.45, 7) is 0.610. The molecule has 7 nitrogen and oxygen atoms in total. The molecular weight excluding hydrogens is 317 g/mol. The van der Waals surface area contributed by atoms with Crippen LogP contribution >= 0.6 is 0 Å². The van der Waals surface area contributed by atoms with Crippen molar-refractivity contribution in [2.24, 2.45) is 17.6 Å². The summed E-state index contributed by atoms with van der Waals surface area (Å²) in [5.74, 6) is -1.20. The molecule has 1 aliphatic carbocycles. The van der Waals surface area contributed by atoms with E-state index in [1.54, 1.807) is 24.1 Å². The van der Waals surface area contributed by atoms with Crippen LogP contribution in [-0.2, 0) is 14.3 Å². The number of anilines is 1. The van der Waals surface area contributed by atoms with Crippen LogP contribution in [0.3, 0.4) is 0 Å². The van der Waals surface area contributed by atoms with E-state index < -0.39 is 23.9 Å². The normalized spacial score (nSPS) is 31.2. The predicted octanol–water partition coefficient (Wildman–Crippen LogP) is 0.438. The monoisotopic (exact) mass is 333 g/mol. The molecule has 4 rings (SSSR count). The van der Waals surface area contributed by atoms with E-state index in [-0.39, 0.29) is 30.2 Å². The van der Waals surface area contributed by atoms with E-state index in [9.17, 15) is 18.8 Å². The summed E-state index contributed by atoms with van der Waals surface area (Å²) in [5, 5.41) is 0. The van der Waals surface area contributed by atoms with Crippen LogP contribution in [0.25, 0.3) is 0 Å². The number of nitrogens with two attached hydrogens (primary N) is 1. The van der Waals surface area contributed by atoms with Crippen LogP contribution < -0.4 is 10.6 Å². The molecule has 2 saturated heterocycles. The van der Waals surface area contributed by atoms with Gasteiger partial charge in [0.2, 0.25) is 5.91 Å². The number of piperidine rings is 1. The Balaban J connectivity index is 1.55. The first-order chi connectivity index (χ1) is 11.4. The zero-order valence-corrected chi connectivity index (χ0v) is 12.9. The van der Waals surface area contributed by atoms with E-state index in [1.807, 2.05) is 0 Å². The average Bonchev–Trinajstić information content (AvgIpc) is 2.93. The summed E-state index contributed by atoms with van der Waals surface area (Å²) in [5.41, 5.74) is 5.93. The largest absolute Gasteiger partial charge is 0.434 e. The van der Waals surface area contributed by atoms with Crippen LogP contribution in [0.5, 0.6) is 0 Å². The second kappa shape index (κ2) is 4.93. The van der Waals surface area contributed by atoms with Crippen LogP contribution in [-0.4, -0.2) is 49.0 Å².